The van der Waals surface area contributed by atoms with Gasteiger partial charge in [-0.2, -0.15) is 0 Å². The zero-order valence-corrected chi connectivity index (χ0v) is 20.3. The van der Waals surface area contributed by atoms with Gasteiger partial charge in [-0.15, -0.1) is 5.10 Å². The number of tetrazole rings is 1. The summed E-state index contributed by atoms with van der Waals surface area (Å²) in [7, 11) is 0. The highest BCUT2D eigenvalue weighted by molar-refractivity contribution is 8.00. The highest BCUT2D eigenvalue weighted by Gasteiger charge is 2.28. The fraction of sp³-hybridized carbons (Fsp3) is 0.609. The van der Waals surface area contributed by atoms with Gasteiger partial charge in [0.2, 0.25) is 5.16 Å². The number of aromatic nitrogens is 4. The van der Waals surface area contributed by atoms with Gasteiger partial charge in [0, 0.05) is 5.56 Å². The molecule has 2 aromatic rings. The first-order valence-electron chi connectivity index (χ1n) is 11.7. The average Bonchev–Trinajstić information content (AvgIpc) is 3.22. The molecule has 11 heteroatoms. The Balaban J connectivity index is 1.90. The number of benzene rings is 1. The van der Waals surface area contributed by atoms with Crippen molar-refractivity contribution in [1.29, 1.82) is 0 Å². The molecule has 188 valence electrons. The molecule has 2 N–H and O–H groups in total. The molecular weight excluding hydrogens is 463 g/mol. The molecule has 1 atom stereocenters. The Labute approximate surface area is 203 Å². The van der Waals surface area contributed by atoms with Crippen LogP contribution >= 0.6 is 11.8 Å². The van der Waals surface area contributed by atoms with Crippen LogP contribution in [0.1, 0.15) is 81.9 Å². The number of halogens is 1. The van der Waals surface area contributed by atoms with Crippen molar-refractivity contribution < 1.29 is 28.9 Å². The van der Waals surface area contributed by atoms with Crippen LogP contribution in [0.5, 0.6) is 5.75 Å². The van der Waals surface area contributed by atoms with E-state index in [1.54, 1.807) is 0 Å². The minimum Gasteiger partial charge on any atom is -0.493 e. The first kappa shape index (κ1) is 27.6. The van der Waals surface area contributed by atoms with Crippen molar-refractivity contribution in [3.8, 4) is 5.75 Å². The van der Waals surface area contributed by atoms with Crippen LogP contribution in [-0.4, -0.2) is 49.0 Å². The zero-order chi connectivity index (χ0) is 24.8. The lowest BCUT2D eigenvalue weighted by atomic mass is 10.1. The normalized spacial score (nSPS) is 11.9. The molecule has 0 fully saturated rings. The molecular formula is C23H33FN4O5S. The summed E-state index contributed by atoms with van der Waals surface area (Å²) >= 11 is 0.725. The lowest BCUT2D eigenvalue weighted by molar-refractivity contribution is -0.138. The Morgan fingerprint density at radius 3 is 2.32 bits per heavy atom. The summed E-state index contributed by atoms with van der Waals surface area (Å²) in [6, 6.07) is 3.75. The number of hydrogen-bond acceptors (Lipinski definition) is 7. The van der Waals surface area contributed by atoms with Crippen molar-refractivity contribution in [3.63, 3.8) is 0 Å². The van der Waals surface area contributed by atoms with Crippen molar-refractivity contribution in [2.75, 3.05) is 6.61 Å². The van der Waals surface area contributed by atoms with Gasteiger partial charge in [-0.25, -0.2) is 9.07 Å². The second-order valence-electron chi connectivity index (χ2n) is 8.06. The number of carboxylic acids is 2. The first-order chi connectivity index (χ1) is 16.4. The van der Waals surface area contributed by atoms with Crippen LogP contribution in [0.2, 0.25) is 0 Å². The second-order valence-corrected chi connectivity index (χ2v) is 9.13. The van der Waals surface area contributed by atoms with E-state index in [0.29, 0.717) is 6.61 Å². The van der Waals surface area contributed by atoms with Crippen molar-refractivity contribution in [3.05, 3.63) is 29.6 Å². The van der Waals surface area contributed by atoms with E-state index in [1.807, 2.05) is 0 Å². The minimum absolute atomic E-state index is 0.000273. The number of hydrogen-bond donors (Lipinski definition) is 2. The van der Waals surface area contributed by atoms with Crippen molar-refractivity contribution in [1.82, 2.24) is 20.2 Å². The number of carboxylic acid groups (broad SMARTS) is 2. The zero-order valence-electron chi connectivity index (χ0n) is 19.5. The van der Waals surface area contributed by atoms with Gasteiger partial charge in [0.05, 0.1) is 6.61 Å². The van der Waals surface area contributed by atoms with E-state index in [0.717, 1.165) is 41.8 Å². The van der Waals surface area contributed by atoms with Crippen molar-refractivity contribution >= 4 is 23.7 Å². The van der Waals surface area contributed by atoms with Crippen LogP contribution in [0.3, 0.4) is 0 Å². The topological polar surface area (TPSA) is 127 Å². The van der Waals surface area contributed by atoms with Gasteiger partial charge in [-0.1, -0.05) is 76.5 Å². The van der Waals surface area contributed by atoms with E-state index < -0.39 is 29.6 Å². The molecule has 0 aliphatic heterocycles. The minimum atomic E-state index is -1.28. The predicted molar refractivity (Wildman–Crippen MR) is 125 cm³/mol. The second kappa shape index (κ2) is 15.3. The fourth-order valence-electron chi connectivity index (χ4n) is 3.49. The molecule has 34 heavy (non-hydrogen) atoms. The molecule has 0 radical (unpaired) electrons. The van der Waals surface area contributed by atoms with E-state index in [9.17, 15) is 19.1 Å². The molecule has 0 saturated heterocycles. The Kier molecular flexibility index (Phi) is 12.4. The summed E-state index contributed by atoms with van der Waals surface area (Å²) in [6.45, 7) is 2.08. The largest absolute Gasteiger partial charge is 0.493 e. The molecule has 0 aliphatic carbocycles. The number of ether oxygens (including phenoxy) is 1. The van der Waals surface area contributed by atoms with E-state index in [-0.39, 0.29) is 16.5 Å². The number of thioether (sulfide) groups is 1. The van der Waals surface area contributed by atoms with Gasteiger partial charge < -0.3 is 14.9 Å². The summed E-state index contributed by atoms with van der Waals surface area (Å²) in [5, 5.41) is 28.2. The highest BCUT2D eigenvalue weighted by Crippen LogP contribution is 2.39. The van der Waals surface area contributed by atoms with Crippen LogP contribution in [0.4, 0.5) is 4.39 Å². The lowest BCUT2D eigenvalue weighted by Crippen LogP contribution is -2.15. The van der Waals surface area contributed by atoms with Crippen LogP contribution in [-0.2, 0) is 16.1 Å². The molecule has 0 spiro atoms. The van der Waals surface area contributed by atoms with Crippen LogP contribution < -0.4 is 4.74 Å². The summed E-state index contributed by atoms with van der Waals surface area (Å²) in [4.78, 5) is 23.0. The van der Waals surface area contributed by atoms with Crippen molar-refractivity contribution in [2.24, 2.45) is 0 Å². The van der Waals surface area contributed by atoms with E-state index in [1.165, 1.54) is 57.1 Å². The molecule has 1 aromatic carbocycles. The van der Waals surface area contributed by atoms with Gasteiger partial charge in [0.15, 0.2) is 0 Å². The monoisotopic (exact) mass is 496 g/mol. The molecule has 1 unspecified atom stereocenters. The number of aliphatic carboxylic acids is 2. The van der Waals surface area contributed by atoms with E-state index in [4.69, 9.17) is 9.84 Å². The molecule has 2 rings (SSSR count). The molecule has 0 aliphatic rings. The Hall–Kier alpha value is -2.69. The summed E-state index contributed by atoms with van der Waals surface area (Å²) < 4.78 is 20.8. The number of rotatable bonds is 18. The van der Waals surface area contributed by atoms with E-state index >= 15 is 0 Å². The number of unbranched alkanes of at least 4 members (excludes halogenated alkanes) is 9. The molecule has 0 bridgehead atoms. The third kappa shape index (κ3) is 9.66. The third-order valence-electron chi connectivity index (χ3n) is 5.24. The Bertz CT molecular complexity index is 911. The Morgan fingerprint density at radius 2 is 1.71 bits per heavy atom. The highest BCUT2D eigenvalue weighted by atomic mass is 32.2. The molecule has 0 amide bonds. The van der Waals surface area contributed by atoms with Gasteiger partial charge in [0.1, 0.15) is 23.4 Å². The average molecular weight is 497 g/mol. The van der Waals surface area contributed by atoms with Crippen LogP contribution in [0, 0.1) is 5.82 Å². The summed E-state index contributed by atoms with van der Waals surface area (Å²) in [6.07, 6.45) is 11.8. The summed E-state index contributed by atoms with van der Waals surface area (Å²) in [5.74, 6) is -2.75. The fourth-order valence-corrected chi connectivity index (χ4v) is 4.42. The van der Waals surface area contributed by atoms with Gasteiger partial charge in [-0.3, -0.25) is 9.59 Å². The number of carbonyl (C=O) groups is 2. The number of nitrogens with zero attached hydrogens (tertiary/aromatic N) is 4. The van der Waals surface area contributed by atoms with Gasteiger partial charge in [0.25, 0.3) is 0 Å². The standard InChI is InChI=1S/C23H33FN4O5S/c1-2-3-4-5-6-7-8-9-10-11-14-33-19-13-12-17(24)15-18(19)21(22(31)32)34-23-25-26-27-28(23)16-20(29)30/h12-13,15,21H,2-11,14,16H2,1H3,(H,29,30)(H,31,32). The maximum atomic E-state index is 14.0. The smallest absolute Gasteiger partial charge is 0.325 e. The van der Waals surface area contributed by atoms with Crippen LogP contribution in [0.15, 0.2) is 23.4 Å². The molecule has 1 aromatic heterocycles. The quantitative estimate of drug-likeness (QED) is 0.214. The summed E-state index contributed by atoms with van der Waals surface area (Å²) in [5.41, 5.74) is 0.134. The molecule has 0 saturated carbocycles. The van der Waals surface area contributed by atoms with Gasteiger partial charge in [-0.05, 0) is 35.0 Å². The maximum Gasteiger partial charge on any atom is 0.325 e. The van der Waals surface area contributed by atoms with E-state index in [2.05, 4.69) is 22.4 Å². The maximum absolute atomic E-state index is 14.0. The lowest BCUT2D eigenvalue weighted by Gasteiger charge is -2.17. The first-order valence-corrected chi connectivity index (χ1v) is 12.6. The Morgan fingerprint density at radius 1 is 1.06 bits per heavy atom. The van der Waals surface area contributed by atoms with Crippen LogP contribution in [0.25, 0.3) is 0 Å². The third-order valence-corrected chi connectivity index (χ3v) is 6.44. The SMILES string of the molecule is CCCCCCCCCCCCOc1ccc(F)cc1C(Sc1nnnn1CC(=O)O)C(=O)O. The molecule has 1 heterocycles. The van der Waals surface area contributed by atoms with Gasteiger partial charge >= 0.3 is 11.9 Å². The predicted octanol–water partition coefficient (Wildman–Crippen LogP) is 5.11. The van der Waals surface area contributed by atoms with Crippen molar-refractivity contribution in [2.45, 2.75) is 88.1 Å². The molecule has 9 nitrogen and oxygen atoms in total.